The molecule has 1 aromatic heterocycles. The van der Waals surface area contributed by atoms with Crippen LogP contribution in [0.15, 0.2) is 52.1 Å². The smallest absolute Gasteiger partial charge is 0.276 e. The summed E-state index contributed by atoms with van der Waals surface area (Å²) in [5.74, 6) is 1.26. The fraction of sp³-hybridized carbons (Fsp3) is 0.176. The van der Waals surface area contributed by atoms with Crippen molar-refractivity contribution in [3.8, 4) is 0 Å². The van der Waals surface area contributed by atoms with Crippen LogP contribution in [0.25, 0.3) is 0 Å². The molecule has 0 spiro atoms. The highest BCUT2D eigenvalue weighted by atomic mass is 35.5. The maximum atomic E-state index is 6.16. The third-order valence-corrected chi connectivity index (χ3v) is 4.74. The van der Waals surface area contributed by atoms with Gasteiger partial charge in [-0.25, -0.2) is 0 Å². The van der Waals surface area contributed by atoms with Crippen LogP contribution in [0.3, 0.4) is 0 Å². The largest absolute Gasteiger partial charge is 0.416 e. The summed E-state index contributed by atoms with van der Waals surface area (Å²) in [7, 11) is 0. The molecule has 2 aromatic carbocycles. The van der Waals surface area contributed by atoms with Gasteiger partial charge in [0.2, 0.25) is 5.89 Å². The highest BCUT2D eigenvalue weighted by molar-refractivity contribution is 7.98. The third-order valence-electron chi connectivity index (χ3n) is 3.29. The summed E-state index contributed by atoms with van der Waals surface area (Å²) in [6, 6.07) is 13.7. The Hall–Kier alpha value is -1.49. The first-order valence-electron chi connectivity index (χ1n) is 7.05. The van der Waals surface area contributed by atoms with Crippen molar-refractivity contribution in [3.05, 3.63) is 75.1 Å². The number of thioether (sulfide) groups is 1. The van der Waals surface area contributed by atoms with E-state index in [-0.39, 0.29) is 0 Å². The first-order chi connectivity index (χ1) is 11.1. The quantitative estimate of drug-likeness (QED) is 0.554. The standard InChI is InChI=1S/C17H14Cl2N2OS/c1-11-2-4-12(5-3-11)8-16-20-21-17(22-16)23-10-13-6-7-14(18)9-15(13)19/h2-7,9H,8,10H2,1H3. The Balaban J connectivity index is 1.62. The molecule has 0 aliphatic heterocycles. The van der Waals surface area contributed by atoms with Crippen molar-refractivity contribution in [3.63, 3.8) is 0 Å². The van der Waals surface area contributed by atoms with Crippen molar-refractivity contribution in [2.24, 2.45) is 0 Å². The number of halogens is 2. The van der Waals surface area contributed by atoms with Crippen molar-refractivity contribution in [2.45, 2.75) is 24.3 Å². The van der Waals surface area contributed by atoms with Gasteiger partial charge >= 0.3 is 0 Å². The summed E-state index contributed by atoms with van der Waals surface area (Å²) in [5.41, 5.74) is 3.37. The Morgan fingerprint density at radius 2 is 1.83 bits per heavy atom. The van der Waals surface area contributed by atoms with Gasteiger partial charge < -0.3 is 4.42 Å². The molecule has 3 nitrogen and oxygen atoms in total. The number of nitrogens with zero attached hydrogens (tertiary/aromatic N) is 2. The van der Waals surface area contributed by atoms with Crippen molar-refractivity contribution in [1.29, 1.82) is 0 Å². The number of aromatic nitrogens is 2. The highest BCUT2D eigenvalue weighted by Gasteiger charge is 2.09. The zero-order valence-corrected chi connectivity index (χ0v) is 14.8. The minimum Gasteiger partial charge on any atom is -0.416 e. The second kappa shape index (κ2) is 7.39. The predicted molar refractivity (Wildman–Crippen MR) is 94.3 cm³/mol. The minimum absolute atomic E-state index is 0.540. The lowest BCUT2D eigenvalue weighted by molar-refractivity contribution is 0.420. The second-order valence-corrected chi connectivity index (χ2v) is 6.92. The monoisotopic (exact) mass is 364 g/mol. The number of aryl methyl sites for hydroxylation is 1. The van der Waals surface area contributed by atoms with E-state index in [1.807, 2.05) is 12.1 Å². The maximum absolute atomic E-state index is 6.16. The summed E-state index contributed by atoms with van der Waals surface area (Å²) in [5, 5.41) is 9.97. The molecule has 3 rings (SSSR count). The molecule has 0 aliphatic carbocycles. The van der Waals surface area contributed by atoms with E-state index in [1.54, 1.807) is 6.07 Å². The fourth-order valence-electron chi connectivity index (χ4n) is 2.03. The molecule has 0 unspecified atom stereocenters. The second-order valence-electron chi connectivity index (χ2n) is 5.15. The summed E-state index contributed by atoms with van der Waals surface area (Å²) in [6.45, 7) is 2.06. The number of hydrogen-bond acceptors (Lipinski definition) is 4. The molecule has 6 heteroatoms. The molecule has 3 aromatic rings. The predicted octanol–water partition coefficient (Wildman–Crippen LogP) is 5.57. The average molecular weight is 365 g/mol. The fourth-order valence-corrected chi connectivity index (χ4v) is 3.37. The van der Waals surface area contributed by atoms with Crippen molar-refractivity contribution >= 4 is 35.0 Å². The van der Waals surface area contributed by atoms with Crippen LogP contribution in [0.5, 0.6) is 0 Å². The van der Waals surface area contributed by atoms with Crippen LogP contribution >= 0.6 is 35.0 Å². The van der Waals surface area contributed by atoms with Gasteiger partial charge in [-0.3, -0.25) is 0 Å². The van der Waals surface area contributed by atoms with E-state index in [2.05, 4.69) is 41.4 Å². The number of hydrogen-bond donors (Lipinski definition) is 0. The molecule has 0 amide bonds. The van der Waals surface area contributed by atoms with E-state index in [0.29, 0.717) is 33.3 Å². The summed E-state index contributed by atoms with van der Waals surface area (Å²) in [4.78, 5) is 0. The average Bonchev–Trinajstić information content (AvgIpc) is 2.96. The lowest BCUT2D eigenvalue weighted by Gasteiger charge is -2.02. The van der Waals surface area contributed by atoms with Gasteiger partial charge in [0.05, 0.1) is 6.42 Å². The molecule has 1 heterocycles. The van der Waals surface area contributed by atoms with Crippen molar-refractivity contribution in [2.75, 3.05) is 0 Å². The Kier molecular flexibility index (Phi) is 5.26. The highest BCUT2D eigenvalue weighted by Crippen LogP contribution is 2.28. The van der Waals surface area contributed by atoms with Crippen molar-refractivity contribution < 1.29 is 4.42 Å². The van der Waals surface area contributed by atoms with E-state index in [1.165, 1.54) is 17.3 Å². The van der Waals surface area contributed by atoms with E-state index in [9.17, 15) is 0 Å². The third kappa shape index (κ3) is 4.50. The van der Waals surface area contributed by atoms with E-state index in [0.717, 1.165) is 11.1 Å². The molecule has 0 saturated heterocycles. The molecule has 0 aliphatic rings. The first kappa shape index (κ1) is 16.4. The van der Waals surface area contributed by atoms with Gasteiger partial charge in [-0.2, -0.15) is 0 Å². The van der Waals surface area contributed by atoms with Crippen LogP contribution in [0.2, 0.25) is 10.0 Å². The topological polar surface area (TPSA) is 38.9 Å². The van der Waals surface area contributed by atoms with E-state index >= 15 is 0 Å². The van der Waals surface area contributed by atoms with Gasteiger partial charge in [-0.05, 0) is 30.2 Å². The van der Waals surface area contributed by atoms with Crippen LogP contribution in [0, 0.1) is 6.92 Å². The summed E-state index contributed by atoms with van der Waals surface area (Å²) < 4.78 is 5.67. The van der Waals surface area contributed by atoms with Crippen molar-refractivity contribution in [1.82, 2.24) is 10.2 Å². The van der Waals surface area contributed by atoms with E-state index < -0.39 is 0 Å². The minimum atomic E-state index is 0.540. The van der Waals surface area contributed by atoms with Gasteiger partial charge in [0.25, 0.3) is 5.22 Å². The summed E-state index contributed by atoms with van der Waals surface area (Å²) in [6.07, 6.45) is 0.634. The van der Waals surface area contributed by atoms with Gasteiger partial charge in [-0.1, -0.05) is 70.9 Å². The van der Waals surface area contributed by atoms with Crippen LogP contribution in [0.1, 0.15) is 22.6 Å². The summed E-state index contributed by atoms with van der Waals surface area (Å²) >= 11 is 13.5. The molecule has 0 radical (unpaired) electrons. The number of rotatable bonds is 5. The lowest BCUT2D eigenvalue weighted by atomic mass is 10.1. The first-order valence-corrected chi connectivity index (χ1v) is 8.79. The lowest BCUT2D eigenvalue weighted by Crippen LogP contribution is -1.88. The molecule has 0 fully saturated rings. The van der Waals surface area contributed by atoms with Gasteiger partial charge in [0, 0.05) is 15.8 Å². The molecule has 0 saturated carbocycles. The van der Waals surface area contributed by atoms with Crippen LogP contribution in [0.4, 0.5) is 0 Å². The Morgan fingerprint density at radius 3 is 2.57 bits per heavy atom. The molecule has 0 N–H and O–H groups in total. The molecule has 23 heavy (non-hydrogen) atoms. The molecular weight excluding hydrogens is 351 g/mol. The van der Waals surface area contributed by atoms with Crippen LogP contribution in [-0.2, 0) is 12.2 Å². The number of benzene rings is 2. The SMILES string of the molecule is Cc1ccc(Cc2nnc(SCc3ccc(Cl)cc3Cl)o2)cc1. The normalized spacial score (nSPS) is 10.9. The Morgan fingerprint density at radius 1 is 1.04 bits per heavy atom. The van der Waals surface area contributed by atoms with Gasteiger partial charge in [0.15, 0.2) is 0 Å². The zero-order chi connectivity index (χ0) is 16.2. The molecule has 0 bridgehead atoms. The molecule has 118 valence electrons. The Bertz CT molecular complexity index is 803. The zero-order valence-electron chi connectivity index (χ0n) is 12.4. The Labute approximate surface area is 149 Å². The van der Waals surface area contributed by atoms with Crippen LogP contribution < -0.4 is 0 Å². The molecular formula is C17H14Cl2N2OS. The molecule has 0 atom stereocenters. The maximum Gasteiger partial charge on any atom is 0.276 e. The van der Waals surface area contributed by atoms with Gasteiger partial charge in [0.1, 0.15) is 0 Å². The van der Waals surface area contributed by atoms with Gasteiger partial charge in [-0.15, -0.1) is 10.2 Å². The van der Waals surface area contributed by atoms with Crippen LogP contribution in [-0.4, -0.2) is 10.2 Å². The van der Waals surface area contributed by atoms with E-state index in [4.69, 9.17) is 27.6 Å².